The summed E-state index contributed by atoms with van der Waals surface area (Å²) < 4.78 is 3.20. The number of hydrogen-bond donors (Lipinski definition) is 0. The molecule has 0 saturated heterocycles. The molecule has 4 aliphatic rings. The summed E-state index contributed by atoms with van der Waals surface area (Å²) in [5.41, 5.74) is 17.7. The number of fused-ring (bicyclic) bond motifs is 4. The summed E-state index contributed by atoms with van der Waals surface area (Å²) in [5, 5.41) is 0. The van der Waals surface area contributed by atoms with Crippen LogP contribution in [0.25, 0.3) is 24.3 Å². The zero-order valence-corrected chi connectivity index (χ0v) is 43.9. The first-order chi connectivity index (χ1) is 31.8. The molecule has 4 heteroatoms. The minimum atomic E-state index is -2.36. The Labute approximate surface area is 424 Å². The van der Waals surface area contributed by atoms with Gasteiger partial charge in [0.15, 0.2) is 0 Å². The monoisotopic (exact) mass is 1090 g/mol. The summed E-state index contributed by atoms with van der Waals surface area (Å²) in [4.78, 5) is 0. The fourth-order valence-corrected chi connectivity index (χ4v) is 31.4. The average molecular weight is 1090 g/mol. The third kappa shape index (κ3) is 9.27. The van der Waals surface area contributed by atoms with Gasteiger partial charge in [-0.3, -0.25) is 0 Å². The SMILES string of the molecule is C1=C[CH]([Zr+]([CH]2C=Cc3ccccc32)[CH](c2ccccc2)c2ccccc2)c2ccccc21.C1=C[CH]([Zr+]([CH]2C=Cc3ccccc32)[CH](c2ccccc2)c2ccccc2)c2ccccc21.[Br-].[Cl-]. The van der Waals surface area contributed by atoms with Gasteiger partial charge in [0.05, 0.1) is 0 Å². The minimum Gasteiger partial charge on any atom is -1.00 e. The number of rotatable bonds is 10. The van der Waals surface area contributed by atoms with E-state index in [-0.39, 0.29) is 29.4 Å². The molecular weight excluding hydrogens is 1040 g/mol. The van der Waals surface area contributed by atoms with Gasteiger partial charge >= 0.3 is 399 Å². The Morgan fingerprint density at radius 1 is 0.258 bits per heavy atom. The van der Waals surface area contributed by atoms with Gasteiger partial charge < -0.3 is 29.4 Å². The van der Waals surface area contributed by atoms with Gasteiger partial charge in [0.2, 0.25) is 0 Å². The predicted octanol–water partition coefficient (Wildman–Crippen LogP) is 9.87. The molecule has 0 amide bonds. The van der Waals surface area contributed by atoms with Crippen molar-refractivity contribution >= 4 is 24.3 Å². The number of halogens is 2. The Balaban J connectivity index is 0.000000161. The van der Waals surface area contributed by atoms with E-state index >= 15 is 0 Å². The summed E-state index contributed by atoms with van der Waals surface area (Å²) in [6.07, 6.45) is 19.6. The van der Waals surface area contributed by atoms with Crippen LogP contribution in [0, 0.1) is 0 Å². The van der Waals surface area contributed by atoms with Crippen LogP contribution in [0.1, 0.15) is 88.5 Å². The van der Waals surface area contributed by atoms with Gasteiger partial charge in [-0.1, -0.05) is 0 Å². The molecule has 4 unspecified atom stereocenters. The van der Waals surface area contributed by atoms with Crippen LogP contribution >= 0.6 is 0 Å². The Hall–Kier alpha value is -4.74. The molecule has 66 heavy (non-hydrogen) atoms. The predicted molar refractivity (Wildman–Crippen MR) is 262 cm³/mol. The van der Waals surface area contributed by atoms with E-state index in [1.54, 1.807) is 0 Å². The van der Waals surface area contributed by atoms with Gasteiger partial charge in [-0.15, -0.1) is 0 Å². The van der Waals surface area contributed by atoms with Gasteiger partial charge in [0.1, 0.15) is 0 Å². The van der Waals surface area contributed by atoms with E-state index in [0.717, 1.165) is 0 Å². The van der Waals surface area contributed by atoms with E-state index in [1.165, 1.54) is 66.8 Å². The molecule has 0 fully saturated rings. The molecule has 0 saturated carbocycles. The third-order valence-electron chi connectivity index (χ3n) is 13.8. The fourth-order valence-electron chi connectivity index (χ4n) is 11.0. The van der Waals surface area contributed by atoms with Crippen molar-refractivity contribution in [2.75, 3.05) is 0 Å². The maximum absolute atomic E-state index is 2.53. The molecule has 0 aliphatic heterocycles. The zero-order chi connectivity index (χ0) is 42.7. The number of hydrogen-bond acceptors (Lipinski definition) is 0. The standard InChI is InChI=1S/2C13H11.4C9H7.BrH.ClH.2Zr/c2*1-3-7-12(8-4-1)11-13-9-5-2-6-10-13;4*1-2-5-9-7-3-6-8(9)4-1;;;;/h2*1-11H;4*1-7H;2*1H;;/q;;;;;;;;2*+1/p-2. The first kappa shape index (κ1) is 46.4. The molecule has 4 aliphatic carbocycles. The molecule has 0 spiro atoms. The number of benzene rings is 8. The summed E-state index contributed by atoms with van der Waals surface area (Å²) in [7, 11) is 0. The second-order valence-corrected chi connectivity index (χ2v) is 31.2. The second-order valence-electron chi connectivity index (χ2n) is 17.4. The Morgan fingerprint density at radius 3 is 0.682 bits per heavy atom. The normalized spacial score (nSPS) is 17.5. The molecule has 0 aromatic heterocycles. The van der Waals surface area contributed by atoms with Gasteiger partial charge in [0, 0.05) is 0 Å². The smallest absolute Gasteiger partial charge is 1.00 e. The van der Waals surface area contributed by atoms with Crippen molar-refractivity contribution in [1.29, 1.82) is 0 Å². The quantitative estimate of drug-likeness (QED) is 0.128. The molecule has 0 heterocycles. The molecular formula is C62H50BrClZr2. The van der Waals surface area contributed by atoms with E-state index in [9.17, 15) is 0 Å². The second kappa shape index (κ2) is 21.5. The Morgan fingerprint density at radius 2 is 0.455 bits per heavy atom. The molecule has 4 atom stereocenters. The molecule has 8 aromatic rings. The van der Waals surface area contributed by atoms with Crippen molar-refractivity contribution in [2.45, 2.75) is 21.8 Å². The molecule has 0 radical (unpaired) electrons. The Bertz CT molecular complexity index is 2590. The molecule has 12 rings (SSSR count). The van der Waals surface area contributed by atoms with Crippen molar-refractivity contribution in [2.24, 2.45) is 0 Å². The van der Waals surface area contributed by atoms with Crippen LogP contribution in [-0.4, -0.2) is 0 Å². The largest absolute Gasteiger partial charge is 1.00 e. The van der Waals surface area contributed by atoms with E-state index in [1.807, 2.05) is 0 Å². The summed E-state index contributed by atoms with van der Waals surface area (Å²) in [5.74, 6) is 0. The molecule has 0 N–H and O–H groups in total. The van der Waals surface area contributed by atoms with Crippen molar-refractivity contribution in [3.05, 3.63) is 309 Å². The van der Waals surface area contributed by atoms with E-state index in [4.69, 9.17) is 0 Å². The van der Waals surface area contributed by atoms with Crippen LogP contribution in [0.2, 0.25) is 0 Å². The van der Waals surface area contributed by atoms with Gasteiger partial charge in [-0.25, -0.2) is 0 Å². The van der Waals surface area contributed by atoms with E-state index in [2.05, 4.69) is 267 Å². The molecule has 8 aromatic carbocycles. The van der Waals surface area contributed by atoms with Crippen LogP contribution in [0.5, 0.6) is 0 Å². The van der Waals surface area contributed by atoms with Crippen LogP contribution in [0.4, 0.5) is 0 Å². The van der Waals surface area contributed by atoms with Gasteiger partial charge in [-0.2, -0.15) is 0 Å². The summed E-state index contributed by atoms with van der Waals surface area (Å²) in [6, 6.07) is 81.3. The Kier molecular flexibility index (Phi) is 15.1. The first-order valence-electron chi connectivity index (χ1n) is 22.8. The molecule has 0 bridgehead atoms. The number of allylic oxidation sites excluding steroid dienone is 4. The molecule has 320 valence electrons. The fraction of sp³-hybridized carbons (Fsp3) is 0.0968. The van der Waals surface area contributed by atoms with Crippen molar-refractivity contribution in [1.82, 2.24) is 0 Å². The third-order valence-corrected chi connectivity index (χ3v) is 32.4. The van der Waals surface area contributed by atoms with Crippen molar-refractivity contribution in [3.63, 3.8) is 0 Å². The van der Waals surface area contributed by atoms with E-state index < -0.39 is 43.5 Å². The average Bonchev–Trinajstić information content (AvgIpc) is 4.20. The topological polar surface area (TPSA) is 0 Å². The van der Waals surface area contributed by atoms with Gasteiger partial charge in [-0.05, 0) is 0 Å². The summed E-state index contributed by atoms with van der Waals surface area (Å²) >= 11 is -4.71. The van der Waals surface area contributed by atoms with Crippen molar-refractivity contribution in [3.8, 4) is 0 Å². The van der Waals surface area contributed by atoms with Gasteiger partial charge in [0.25, 0.3) is 0 Å². The summed E-state index contributed by atoms with van der Waals surface area (Å²) in [6.45, 7) is 0. The molecule has 0 nitrogen and oxygen atoms in total. The van der Waals surface area contributed by atoms with E-state index in [0.29, 0.717) is 21.8 Å². The maximum Gasteiger partial charge on any atom is -1.00 e. The first-order valence-corrected chi connectivity index (χ1v) is 31.3. The minimum absolute atomic E-state index is 0. The van der Waals surface area contributed by atoms with Crippen molar-refractivity contribution < 1.29 is 72.9 Å². The van der Waals surface area contributed by atoms with Crippen LogP contribution in [0.15, 0.2) is 243 Å². The van der Waals surface area contributed by atoms with Crippen LogP contribution in [-0.2, 0) is 43.5 Å². The zero-order valence-electron chi connectivity index (χ0n) is 36.6. The maximum atomic E-state index is 2.53. The van der Waals surface area contributed by atoms with Crippen LogP contribution in [0.3, 0.4) is 0 Å². The van der Waals surface area contributed by atoms with Crippen LogP contribution < -0.4 is 29.4 Å².